The molecule has 1 N–H and O–H groups in total. The molecule has 0 bridgehead atoms. The van der Waals surface area contributed by atoms with Crippen LogP contribution in [0, 0.1) is 0 Å². The highest BCUT2D eigenvalue weighted by atomic mass is 79.9. The number of rotatable bonds is 8. The zero-order valence-corrected chi connectivity index (χ0v) is 14.3. The van der Waals surface area contributed by atoms with Gasteiger partial charge in [-0.1, -0.05) is 22.0 Å². The van der Waals surface area contributed by atoms with Gasteiger partial charge in [0.1, 0.15) is 18.1 Å². The van der Waals surface area contributed by atoms with Crippen LogP contribution in [0.2, 0.25) is 0 Å². The Morgan fingerprint density at radius 3 is 2.57 bits per heavy atom. The number of nitrogens with one attached hydrogen (secondary N) is 1. The normalized spacial score (nSPS) is 10.2. The number of amides is 1. The highest BCUT2D eigenvalue weighted by molar-refractivity contribution is 9.10. The van der Waals surface area contributed by atoms with E-state index in [1.807, 2.05) is 24.3 Å². The largest absolute Gasteiger partial charge is 0.491 e. The predicted molar refractivity (Wildman–Crippen MR) is 92.1 cm³/mol. The Morgan fingerprint density at radius 1 is 1.04 bits per heavy atom. The molecule has 0 aliphatic rings. The molecule has 2 aromatic rings. The summed E-state index contributed by atoms with van der Waals surface area (Å²) >= 11 is 3.34. The van der Waals surface area contributed by atoms with Crippen LogP contribution in [0.25, 0.3) is 0 Å². The third-order valence-corrected chi connectivity index (χ3v) is 3.39. The molecule has 6 heteroatoms. The molecule has 0 spiro atoms. The Labute approximate surface area is 143 Å². The van der Waals surface area contributed by atoms with Gasteiger partial charge in [0.2, 0.25) is 0 Å². The molecule has 5 nitrogen and oxygen atoms in total. The molecule has 0 atom stereocenters. The average molecular weight is 380 g/mol. The maximum atomic E-state index is 11.9. The van der Waals surface area contributed by atoms with Gasteiger partial charge in [-0.2, -0.15) is 0 Å². The second-order valence-corrected chi connectivity index (χ2v) is 5.58. The van der Waals surface area contributed by atoms with Crippen LogP contribution < -0.4 is 14.8 Å². The zero-order valence-electron chi connectivity index (χ0n) is 12.8. The SMILES string of the molecule is COCCOc1cccc(NC(=O)COc2ccc(Br)cc2)c1. The molecule has 2 aromatic carbocycles. The number of methoxy groups -OCH3 is 1. The van der Waals surface area contributed by atoms with Crippen molar-refractivity contribution >= 4 is 27.5 Å². The van der Waals surface area contributed by atoms with Gasteiger partial charge in [-0.25, -0.2) is 0 Å². The van der Waals surface area contributed by atoms with Crippen LogP contribution in [-0.4, -0.2) is 32.8 Å². The molecule has 0 aliphatic carbocycles. The summed E-state index contributed by atoms with van der Waals surface area (Å²) in [5.41, 5.74) is 0.657. The number of halogens is 1. The molecule has 1 amide bonds. The summed E-state index contributed by atoms with van der Waals surface area (Å²) in [5.74, 6) is 1.08. The molecule has 0 unspecified atom stereocenters. The fourth-order valence-electron chi connectivity index (χ4n) is 1.78. The van der Waals surface area contributed by atoms with Gasteiger partial charge in [0, 0.05) is 23.3 Å². The molecule has 0 heterocycles. The molecule has 122 valence electrons. The Bertz CT molecular complexity index is 631. The van der Waals surface area contributed by atoms with Crippen molar-refractivity contribution in [3.8, 4) is 11.5 Å². The van der Waals surface area contributed by atoms with Crippen molar-refractivity contribution < 1.29 is 19.0 Å². The van der Waals surface area contributed by atoms with Crippen LogP contribution in [0.3, 0.4) is 0 Å². The van der Waals surface area contributed by atoms with E-state index in [2.05, 4.69) is 21.2 Å². The lowest BCUT2D eigenvalue weighted by atomic mass is 10.3. The molecule has 0 aliphatic heterocycles. The Morgan fingerprint density at radius 2 is 1.83 bits per heavy atom. The standard InChI is InChI=1S/C17H18BrNO4/c1-21-9-10-22-16-4-2-3-14(11-16)19-17(20)12-23-15-7-5-13(18)6-8-15/h2-8,11H,9-10,12H2,1H3,(H,19,20). The highest BCUT2D eigenvalue weighted by Gasteiger charge is 2.05. The smallest absolute Gasteiger partial charge is 0.262 e. The number of ether oxygens (including phenoxy) is 3. The Kier molecular flexibility index (Phi) is 6.90. The molecular formula is C17H18BrNO4. The number of anilines is 1. The van der Waals surface area contributed by atoms with E-state index in [4.69, 9.17) is 14.2 Å². The first-order chi connectivity index (χ1) is 11.2. The van der Waals surface area contributed by atoms with Crippen molar-refractivity contribution in [3.63, 3.8) is 0 Å². The van der Waals surface area contributed by atoms with Gasteiger partial charge in [-0.05, 0) is 36.4 Å². The average Bonchev–Trinajstić information content (AvgIpc) is 2.55. The van der Waals surface area contributed by atoms with Crippen LogP contribution in [0.1, 0.15) is 0 Å². The summed E-state index contributed by atoms with van der Waals surface area (Å²) in [6.45, 7) is 0.911. The lowest BCUT2D eigenvalue weighted by Crippen LogP contribution is -2.20. The van der Waals surface area contributed by atoms with Crippen molar-refractivity contribution in [3.05, 3.63) is 53.0 Å². The lowest BCUT2D eigenvalue weighted by Gasteiger charge is -2.10. The van der Waals surface area contributed by atoms with E-state index in [9.17, 15) is 4.79 Å². The first kappa shape index (κ1) is 17.3. The second kappa shape index (κ2) is 9.17. The molecular weight excluding hydrogens is 362 g/mol. The summed E-state index contributed by atoms with van der Waals surface area (Å²) in [6.07, 6.45) is 0. The third kappa shape index (κ3) is 6.30. The van der Waals surface area contributed by atoms with Crippen LogP contribution in [0.5, 0.6) is 11.5 Å². The minimum absolute atomic E-state index is 0.0591. The molecule has 0 saturated carbocycles. The molecule has 0 aromatic heterocycles. The Balaban J connectivity index is 1.82. The van der Waals surface area contributed by atoms with Crippen molar-refractivity contribution in [1.29, 1.82) is 0 Å². The minimum atomic E-state index is -0.234. The predicted octanol–water partition coefficient (Wildman–Crippen LogP) is 3.49. The summed E-state index contributed by atoms with van der Waals surface area (Å²) in [5, 5.41) is 2.77. The number of carbonyl (C=O) groups excluding carboxylic acids is 1. The van der Waals surface area contributed by atoms with Gasteiger partial charge in [-0.15, -0.1) is 0 Å². The Hall–Kier alpha value is -2.05. The van der Waals surface area contributed by atoms with Gasteiger partial charge < -0.3 is 19.5 Å². The molecule has 0 fully saturated rings. The summed E-state index contributed by atoms with van der Waals surface area (Å²) in [6, 6.07) is 14.5. The van der Waals surface area contributed by atoms with Crippen LogP contribution >= 0.6 is 15.9 Å². The van der Waals surface area contributed by atoms with Crippen molar-refractivity contribution in [2.24, 2.45) is 0 Å². The number of benzene rings is 2. The van der Waals surface area contributed by atoms with Gasteiger partial charge in [0.15, 0.2) is 6.61 Å². The molecule has 0 saturated heterocycles. The molecule has 2 rings (SSSR count). The van der Waals surface area contributed by atoms with E-state index >= 15 is 0 Å². The van der Waals surface area contributed by atoms with Gasteiger partial charge in [0.05, 0.1) is 6.61 Å². The number of hydrogen-bond donors (Lipinski definition) is 1. The van der Waals surface area contributed by atoms with Crippen molar-refractivity contribution in [1.82, 2.24) is 0 Å². The summed E-state index contributed by atoms with van der Waals surface area (Å²) in [7, 11) is 1.62. The minimum Gasteiger partial charge on any atom is -0.491 e. The van der Waals surface area contributed by atoms with E-state index < -0.39 is 0 Å². The molecule has 23 heavy (non-hydrogen) atoms. The quantitative estimate of drug-likeness (QED) is 0.713. The lowest BCUT2D eigenvalue weighted by molar-refractivity contribution is -0.118. The fraction of sp³-hybridized carbons (Fsp3) is 0.235. The number of hydrogen-bond acceptors (Lipinski definition) is 4. The van der Waals surface area contributed by atoms with Gasteiger partial charge in [0.25, 0.3) is 5.91 Å². The number of carbonyl (C=O) groups is 1. The van der Waals surface area contributed by atoms with E-state index in [1.54, 1.807) is 31.4 Å². The van der Waals surface area contributed by atoms with E-state index in [0.717, 1.165) is 4.47 Å². The van der Waals surface area contributed by atoms with Crippen molar-refractivity contribution in [2.75, 3.05) is 32.2 Å². The van der Waals surface area contributed by atoms with E-state index in [0.29, 0.717) is 30.4 Å². The second-order valence-electron chi connectivity index (χ2n) is 4.66. The summed E-state index contributed by atoms with van der Waals surface area (Å²) < 4.78 is 16.8. The first-order valence-corrected chi connectivity index (χ1v) is 7.86. The third-order valence-electron chi connectivity index (χ3n) is 2.86. The first-order valence-electron chi connectivity index (χ1n) is 7.07. The zero-order chi connectivity index (χ0) is 16.5. The maximum Gasteiger partial charge on any atom is 0.262 e. The van der Waals surface area contributed by atoms with Gasteiger partial charge >= 0.3 is 0 Å². The monoisotopic (exact) mass is 379 g/mol. The van der Waals surface area contributed by atoms with Crippen LogP contribution in [0.15, 0.2) is 53.0 Å². The van der Waals surface area contributed by atoms with Crippen LogP contribution in [-0.2, 0) is 9.53 Å². The van der Waals surface area contributed by atoms with Gasteiger partial charge in [-0.3, -0.25) is 4.79 Å². The fourth-order valence-corrected chi connectivity index (χ4v) is 2.05. The topological polar surface area (TPSA) is 56.8 Å². The summed E-state index contributed by atoms with van der Waals surface area (Å²) in [4.78, 5) is 11.9. The van der Waals surface area contributed by atoms with E-state index in [1.165, 1.54) is 0 Å². The van der Waals surface area contributed by atoms with Crippen molar-refractivity contribution in [2.45, 2.75) is 0 Å². The maximum absolute atomic E-state index is 11.9. The van der Waals surface area contributed by atoms with Crippen LogP contribution in [0.4, 0.5) is 5.69 Å². The molecule has 0 radical (unpaired) electrons. The highest BCUT2D eigenvalue weighted by Crippen LogP contribution is 2.18. The van der Waals surface area contributed by atoms with E-state index in [-0.39, 0.29) is 12.5 Å².